The first-order chi connectivity index (χ1) is 12.8. The fourth-order valence-corrected chi connectivity index (χ4v) is 3.34. The lowest BCUT2D eigenvalue weighted by atomic mass is 9.96. The average molecular weight is 378 g/mol. The Morgan fingerprint density at radius 2 is 1.78 bits per heavy atom. The number of rotatable bonds is 9. The summed E-state index contributed by atoms with van der Waals surface area (Å²) in [5, 5.41) is 3.09. The molecule has 3 atom stereocenters. The lowest BCUT2D eigenvalue weighted by molar-refractivity contribution is -0.160. The maximum atomic E-state index is 12.6. The van der Waals surface area contributed by atoms with E-state index in [2.05, 4.69) is 5.32 Å². The molecule has 0 bridgehead atoms. The summed E-state index contributed by atoms with van der Waals surface area (Å²) in [7, 11) is 0. The first-order valence-electron chi connectivity index (χ1n) is 10.1. The van der Waals surface area contributed by atoms with Gasteiger partial charge in [0.1, 0.15) is 24.0 Å². The van der Waals surface area contributed by atoms with Gasteiger partial charge in [-0.25, -0.2) is 0 Å². The van der Waals surface area contributed by atoms with Crippen LogP contribution in [0.4, 0.5) is 0 Å². The Morgan fingerprint density at radius 1 is 1.15 bits per heavy atom. The standard InChI is InChI=1S/C22H35NO4/c1-16(23-15-25-22(3,4)5)21(24)27-20(18-11-9-10-12-18)17(2)26-19-13-7-6-8-14-19/h6-8,13-14,16-18,20,23H,9-12,15H2,1-5H3/t16-,17-,20+/m0/s1. The minimum atomic E-state index is -0.430. The molecule has 0 unspecified atom stereocenters. The van der Waals surface area contributed by atoms with Crippen LogP contribution in [0.25, 0.3) is 0 Å². The number of carbonyl (C=O) groups excluding carboxylic acids is 1. The SMILES string of the molecule is C[C@H](NCOC(C)(C)C)C(=O)O[C@@H](C1CCCC1)[C@H](C)Oc1ccccc1. The van der Waals surface area contributed by atoms with Crippen LogP contribution in [0.15, 0.2) is 30.3 Å². The van der Waals surface area contributed by atoms with Gasteiger partial charge in [0.15, 0.2) is 0 Å². The molecule has 1 aromatic rings. The molecule has 1 aromatic carbocycles. The maximum Gasteiger partial charge on any atom is 0.323 e. The zero-order valence-electron chi connectivity index (χ0n) is 17.4. The minimum Gasteiger partial charge on any atom is -0.487 e. The van der Waals surface area contributed by atoms with Crippen molar-refractivity contribution >= 4 is 5.97 Å². The quantitative estimate of drug-likeness (QED) is 0.513. The fourth-order valence-electron chi connectivity index (χ4n) is 3.34. The summed E-state index contributed by atoms with van der Waals surface area (Å²) < 4.78 is 17.6. The van der Waals surface area contributed by atoms with Crippen LogP contribution in [-0.4, -0.2) is 36.6 Å². The van der Waals surface area contributed by atoms with Crippen molar-refractivity contribution in [2.75, 3.05) is 6.73 Å². The van der Waals surface area contributed by atoms with Crippen molar-refractivity contribution in [3.63, 3.8) is 0 Å². The third-order valence-electron chi connectivity index (χ3n) is 4.89. The average Bonchev–Trinajstić information content (AvgIpc) is 3.13. The molecule has 27 heavy (non-hydrogen) atoms. The molecule has 0 saturated heterocycles. The van der Waals surface area contributed by atoms with Gasteiger partial charge in [0, 0.05) is 0 Å². The second-order valence-electron chi connectivity index (χ2n) is 8.41. The number of para-hydroxylation sites is 1. The Hall–Kier alpha value is -1.59. The van der Waals surface area contributed by atoms with E-state index in [1.165, 1.54) is 12.8 Å². The summed E-state index contributed by atoms with van der Waals surface area (Å²) in [6.45, 7) is 10.1. The Balaban J connectivity index is 1.94. The van der Waals surface area contributed by atoms with Gasteiger partial charge in [-0.2, -0.15) is 0 Å². The number of benzene rings is 1. The molecule has 0 aromatic heterocycles. The van der Waals surface area contributed by atoms with E-state index in [9.17, 15) is 4.79 Å². The molecule has 152 valence electrons. The molecule has 1 N–H and O–H groups in total. The van der Waals surface area contributed by atoms with E-state index < -0.39 is 6.04 Å². The van der Waals surface area contributed by atoms with Gasteiger partial charge in [0.2, 0.25) is 0 Å². The first-order valence-corrected chi connectivity index (χ1v) is 10.1. The van der Waals surface area contributed by atoms with Crippen LogP contribution in [-0.2, 0) is 14.3 Å². The van der Waals surface area contributed by atoms with E-state index >= 15 is 0 Å². The van der Waals surface area contributed by atoms with Gasteiger partial charge in [-0.15, -0.1) is 0 Å². The van der Waals surface area contributed by atoms with Gasteiger partial charge in [-0.1, -0.05) is 31.0 Å². The predicted octanol–water partition coefficient (Wildman–Crippen LogP) is 4.31. The molecular weight excluding hydrogens is 342 g/mol. The second kappa shape index (κ2) is 10.1. The zero-order valence-corrected chi connectivity index (χ0v) is 17.4. The molecule has 1 saturated carbocycles. The van der Waals surface area contributed by atoms with E-state index in [0.717, 1.165) is 18.6 Å². The topological polar surface area (TPSA) is 56.8 Å². The molecule has 2 rings (SSSR count). The molecule has 0 spiro atoms. The zero-order chi connectivity index (χ0) is 19.9. The highest BCUT2D eigenvalue weighted by Gasteiger charge is 2.34. The predicted molar refractivity (Wildman–Crippen MR) is 107 cm³/mol. The number of esters is 1. The molecule has 0 amide bonds. The van der Waals surface area contributed by atoms with Gasteiger partial charge in [-0.05, 0) is 65.5 Å². The third kappa shape index (κ3) is 7.51. The highest BCUT2D eigenvalue weighted by molar-refractivity contribution is 5.75. The molecular formula is C22H35NO4. The van der Waals surface area contributed by atoms with Crippen molar-refractivity contribution in [3.05, 3.63) is 30.3 Å². The van der Waals surface area contributed by atoms with E-state index in [1.54, 1.807) is 0 Å². The monoisotopic (exact) mass is 377 g/mol. The molecule has 1 aliphatic carbocycles. The van der Waals surface area contributed by atoms with Crippen molar-refractivity contribution < 1.29 is 19.0 Å². The molecule has 0 aliphatic heterocycles. The van der Waals surface area contributed by atoms with Crippen LogP contribution in [0, 0.1) is 5.92 Å². The van der Waals surface area contributed by atoms with E-state index in [4.69, 9.17) is 14.2 Å². The van der Waals surface area contributed by atoms with Gasteiger partial charge in [0.05, 0.1) is 12.3 Å². The number of hydrogen-bond donors (Lipinski definition) is 1. The molecule has 1 fully saturated rings. The van der Waals surface area contributed by atoms with E-state index in [0.29, 0.717) is 12.6 Å². The number of ether oxygens (including phenoxy) is 3. The summed E-state index contributed by atoms with van der Waals surface area (Å²) in [6, 6.07) is 9.27. The van der Waals surface area contributed by atoms with Crippen molar-refractivity contribution in [2.45, 2.75) is 84.2 Å². The summed E-state index contributed by atoms with van der Waals surface area (Å²) in [6.07, 6.45) is 4.09. The Morgan fingerprint density at radius 3 is 2.37 bits per heavy atom. The normalized spacial score (nSPS) is 18.7. The summed E-state index contributed by atoms with van der Waals surface area (Å²) >= 11 is 0. The number of nitrogens with one attached hydrogen (secondary N) is 1. The Kier molecular flexibility index (Phi) is 8.11. The smallest absolute Gasteiger partial charge is 0.323 e. The molecule has 0 heterocycles. The number of carbonyl (C=O) groups is 1. The lowest BCUT2D eigenvalue weighted by Gasteiger charge is -2.31. The molecule has 1 aliphatic rings. The van der Waals surface area contributed by atoms with Gasteiger partial charge >= 0.3 is 5.97 Å². The highest BCUT2D eigenvalue weighted by Crippen LogP contribution is 2.32. The summed E-state index contributed by atoms with van der Waals surface area (Å²) in [5.74, 6) is 0.896. The van der Waals surface area contributed by atoms with Crippen molar-refractivity contribution in [1.82, 2.24) is 5.32 Å². The van der Waals surface area contributed by atoms with Gasteiger partial charge < -0.3 is 14.2 Å². The van der Waals surface area contributed by atoms with Crippen LogP contribution in [0.1, 0.15) is 60.3 Å². The maximum absolute atomic E-state index is 12.6. The molecule has 5 nitrogen and oxygen atoms in total. The van der Waals surface area contributed by atoms with Crippen molar-refractivity contribution in [1.29, 1.82) is 0 Å². The highest BCUT2D eigenvalue weighted by atomic mass is 16.6. The van der Waals surface area contributed by atoms with Crippen LogP contribution in [0.3, 0.4) is 0 Å². The van der Waals surface area contributed by atoms with Crippen LogP contribution < -0.4 is 10.1 Å². The van der Waals surface area contributed by atoms with Crippen LogP contribution >= 0.6 is 0 Å². The third-order valence-corrected chi connectivity index (χ3v) is 4.89. The van der Waals surface area contributed by atoms with Gasteiger partial charge in [0.25, 0.3) is 0 Å². The minimum absolute atomic E-state index is 0.197. The Bertz CT molecular complexity index is 563. The fraction of sp³-hybridized carbons (Fsp3) is 0.682. The molecule has 0 radical (unpaired) electrons. The number of hydrogen-bond acceptors (Lipinski definition) is 5. The van der Waals surface area contributed by atoms with Crippen LogP contribution in [0.2, 0.25) is 0 Å². The van der Waals surface area contributed by atoms with E-state index in [1.807, 2.05) is 65.0 Å². The van der Waals surface area contributed by atoms with Crippen molar-refractivity contribution in [2.24, 2.45) is 5.92 Å². The lowest BCUT2D eigenvalue weighted by Crippen LogP contribution is -2.45. The summed E-state index contributed by atoms with van der Waals surface area (Å²) in [5.41, 5.74) is -0.249. The van der Waals surface area contributed by atoms with Crippen molar-refractivity contribution in [3.8, 4) is 5.75 Å². The van der Waals surface area contributed by atoms with Crippen LogP contribution in [0.5, 0.6) is 5.75 Å². The summed E-state index contributed by atoms with van der Waals surface area (Å²) in [4.78, 5) is 12.6. The Labute approximate surface area is 163 Å². The van der Waals surface area contributed by atoms with E-state index in [-0.39, 0.29) is 23.8 Å². The van der Waals surface area contributed by atoms with Gasteiger partial charge in [-0.3, -0.25) is 10.1 Å². The first kappa shape index (κ1) is 21.7. The molecule has 5 heteroatoms. The largest absolute Gasteiger partial charge is 0.487 e. The second-order valence-corrected chi connectivity index (χ2v) is 8.41.